The lowest BCUT2D eigenvalue weighted by Crippen LogP contribution is -2.20. The van der Waals surface area contributed by atoms with Gasteiger partial charge in [0.2, 0.25) is 0 Å². The Bertz CT molecular complexity index is 658. The maximum absolute atomic E-state index is 8.80. The van der Waals surface area contributed by atoms with Gasteiger partial charge in [-0.3, -0.25) is 15.3 Å². The third kappa shape index (κ3) is 4.19. The normalized spacial score (nSPS) is 11.0. The summed E-state index contributed by atoms with van der Waals surface area (Å²) in [6.07, 6.45) is 5.78. The highest BCUT2D eigenvalue weighted by atomic mass is 35.5. The summed E-state index contributed by atoms with van der Waals surface area (Å²) in [6, 6.07) is 9.01. The van der Waals surface area contributed by atoms with Gasteiger partial charge in [0.05, 0.1) is 0 Å². The molecule has 2 aromatic rings. The van der Waals surface area contributed by atoms with Crippen LogP contribution in [0.2, 0.25) is 10.0 Å². The number of benzene rings is 1. The van der Waals surface area contributed by atoms with Gasteiger partial charge in [0.1, 0.15) is 5.84 Å². The number of halogens is 2. The lowest BCUT2D eigenvalue weighted by atomic mass is 10.1. The number of nitrogens with one attached hydrogen (secondary N) is 1. The van der Waals surface area contributed by atoms with Crippen molar-refractivity contribution < 1.29 is 0 Å². The summed E-state index contributed by atoms with van der Waals surface area (Å²) in [5, 5.41) is 12.6. The van der Waals surface area contributed by atoms with Crippen LogP contribution in [0, 0.1) is 11.5 Å². The Hall–Kier alpha value is -2.09. The van der Waals surface area contributed by atoms with Crippen LogP contribution in [0.1, 0.15) is 11.1 Å². The van der Waals surface area contributed by atoms with Crippen LogP contribution in [0.25, 0.3) is 0 Å². The molecule has 0 unspecified atom stereocenters. The van der Waals surface area contributed by atoms with E-state index in [9.17, 15) is 0 Å². The predicted octanol–water partition coefficient (Wildman–Crippen LogP) is 3.45. The molecule has 0 radical (unpaired) electrons. The van der Waals surface area contributed by atoms with Crippen molar-refractivity contribution in [3.63, 3.8) is 0 Å². The number of rotatable bonds is 4. The van der Waals surface area contributed by atoms with Gasteiger partial charge in [-0.2, -0.15) is 5.26 Å². The lowest BCUT2D eigenvalue weighted by Gasteiger charge is -2.06. The molecule has 0 fully saturated rings. The number of aromatic nitrogens is 1. The summed E-state index contributed by atoms with van der Waals surface area (Å²) in [4.78, 5) is 8.40. The summed E-state index contributed by atoms with van der Waals surface area (Å²) in [7, 11) is 0. The minimum Gasteiger partial charge on any atom is -0.277 e. The topological polar surface area (TPSA) is 61.1 Å². The van der Waals surface area contributed by atoms with Gasteiger partial charge < -0.3 is 0 Å². The summed E-state index contributed by atoms with van der Waals surface area (Å²) in [5.74, 6) is 0.480. The quantitative estimate of drug-likeness (QED) is 0.406. The molecule has 0 bridgehead atoms. The Kier molecular flexibility index (Phi) is 5.56. The van der Waals surface area contributed by atoms with Crippen LogP contribution in [-0.4, -0.2) is 17.4 Å². The van der Waals surface area contributed by atoms with Gasteiger partial charge in [-0.15, -0.1) is 0 Å². The van der Waals surface area contributed by atoms with E-state index < -0.39 is 0 Å². The maximum atomic E-state index is 8.80. The molecule has 0 atom stereocenters. The van der Waals surface area contributed by atoms with E-state index in [4.69, 9.17) is 28.5 Å². The first-order valence-electron chi connectivity index (χ1n) is 6.25. The van der Waals surface area contributed by atoms with Crippen molar-refractivity contribution in [2.45, 2.75) is 6.42 Å². The van der Waals surface area contributed by atoms with Crippen LogP contribution < -0.4 is 5.32 Å². The number of nitrogens with zero attached hydrogens (tertiary/aromatic N) is 3. The van der Waals surface area contributed by atoms with Crippen molar-refractivity contribution in [1.82, 2.24) is 10.3 Å². The van der Waals surface area contributed by atoms with E-state index in [0.717, 1.165) is 11.1 Å². The molecule has 0 aliphatic carbocycles. The van der Waals surface area contributed by atoms with E-state index >= 15 is 0 Å². The molecule has 0 spiro atoms. The Labute approximate surface area is 133 Å². The Morgan fingerprint density at radius 2 is 2.00 bits per heavy atom. The van der Waals surface area contributed by atoms with E-state index in [1.807, 2.05) is 12.3 Å². The molecular formula is C15H12Cl2N4. The molecule has 1 aromatic carbocycles. The van der Waals surface area contributed by atoms with Gasteiger partial charge >= 0.3 is 0 Å². The molecule has 6 heteroatoms. The van der Waals surface area contributed by atoms with Crippen molar-refractivity contribution in [1.29, 1.82) is 5.26 Å². The van der Waals surface area contributed by atoms with Gasteiger partial charge in [-0.05, 0) is 36.2 Å². The van der Waals surface area contributed by atoms with E-state index in [2.05, 4.69) is 15.3 Å². The highest BCUT2D eigenvalue weighted by Crippen LogP contribution is 2.24. The first-order valence-corrected chi connectivity index (χ1v) is 7.01. The molecule has 2 rings (SSSR count). The van der Waals surface area contributed by atoms with Crippen LogP contribution in [0.15, 0.2) is 47.7 Å². The predicted molar refractivity (Wildman–Crippen MR) is 84.6 cm³/mol. The van der Waals surface area contributed by atoms with Crippen molar-refractivity contribution in [2.75, 3.05) is 6.54 Å². The second-order valence-corrected chi connectivity index (χ2v) is 4.97. The Morgan fingerprint density at radius 1 is 1.24 bits per heavy atom. The van der Waals surface area contributed by atoms with E-state index in [1.165, 1.54) is 0 Å². The van der Waals surface area contributed by atoms with E-state index in [-0.39, 0.29) is 0 Å². The average Bonchev–Trinajstić information content (AvgIpc) is 2.50. The van der Waals surface area contributed by atoms with Crippen molar-refractivity contribution in [3.8, 4) is 6.19 Å². The van der Waals surface area contributed by atoms with Gasteiger partial charge in [0.15, 0.2) is 6.19 Å². The number of pyridine rings is 1. The van der Waals surface area contributed by atoms with Crippen LogP contribution in [0.3, 0.4) is 0 Å². The van der Waals surface area contributed by atoms with E-state index in [1.54, 1.807) is 36.7 Å². The highest BCUT2D eigenvalue weighted by molar-refractivity contribution is 6.36. The fourth-order valence-corrected chi connectivity index (χ4v) is 2.40. The maximum Gasteiger partial charge on any atom is 0.182 e. The zero-order valence-electron chi connectivity index (χ0n) is 11.1. The fraction of sp³-hybridized carbons (Fsp3) is 0.133. The molecule has 0 saturated heterocycles. The number of nitriles is 1. The average molecular weight is 319 g/mol. The second-order valence-electron chi connectivity index (χ2n) is 4.16. The van der Waals surface area contributed by atoms with Gasteiger partial charge in [0.25, 0.3) is 0 Å². The van der Waals surface area contributed by atoms with Crippen molar-refractivity contribution in [2.24, 2.45) is 4.99 Å². The third-order valence-corrected chi connectivity index (χ3v) is 3.51. The minimum absolute atomic E-state index is 0.461. The SMILES string of the molecule is N#CNC(=NCCc1c(Cl)cccc1Cl)c1cccnc1. The van der Waals surface area contributed by atoms with Crippen molar-refractivity contribution >= 4 is 29.0 Å². The number of hydrogen-bond donors (Lipinski definition) is 1. The van der Waals surface area contributed by atoms with Crippen LogP contribution in [0.4, 0.5) is 0 Å². The minimum atomic E-state index is 0.461. The Morgan fingerprint density at radius 3 is 2.62 bits per heavy atom. The zero-order chi connectivity index (χ0) is 15.1. The summed E-state index contributed by atoms with van der Waals surface area (Å²) < 4.78 is 0. The monoisotopic (exact) mass is 318 g/mol. The second kappa shape index (κ2) is 7.63. The Balaban J connectivity index is 2.13. The van der Waals surface area contributed by atoms with Gasteiger partial charge in [0, 0.05) is 34.5 Å². The zero-order valence-corrected chi connectivity index (χ0v) is 12.6. The van der Waals surface area contributed by atoms with Crippen molar-refractivity contribution in [3.05, 3.63) is 63.9 Å². The third-order valence-electron chi connectivity index (χ3n) is 2.80. The molecular weight excluding hydrogens is 307 g/mol. The fourth-order valence-electron chi connectivity index (χ4n) is 1.81. The van der Waals surface area contributed by atoms with E-state index in [0.29, 0.717) is 28.8 Å². The molecule has 0 aliphatic heterocycles. The van der Waals surface area contributed by atoms with Gasteiger partial charge in [-0.25, -0.2) is 0 Å². The van der Waals surface area contributed by atoms with Crippen LogP contribution in [0.5, 0.6) is 0 Å². The molecule has 0 amide bonds. The number of aliphatic imine (C=N–C) groups is 1. The van der Waals surface area contributed by atoms with Crippen LogP contribution in [-0.2, 0) is 6.42 Å². The van der Waals surface area contributed by atoms with Crippen LogP contribution >= 0.6 is 23.2 Å². The lowest BCUT2D eigenvalue weighted by molar-refractivity contribution is 0.958. The first-order chi connectivity index (χ1) is 10.2. The summed E-state index contributed by atoms with van der Waals surface area (Å²) in [6.45, 7) is 0.461. The first kappa shape index (κ1) is 15.3. The summed E-state index contributed by atoms with van der Waals surface area (Å²) in [5.41, 5.74) is 1.61. The smallest absolute Gasteiger partial charge is 0.182 e. The highest BCUT2D eigenvalue weighted by Gasteiger charge is 2.06. The molecule has 106 valence electrons. The molecule has 4 nitrogen and oxygen atoms in total. The molecule has 0 aliphatic rings. The molecule has 0 saturated carbocycles. The standard InChI is InChI=1S/C15H12Cl2N4/c16-13-4-1-5-14(17)12(13)6-8-20-15(21-10-18)11-3-2-7-19-9-11/h1-5,7,9H,6,8H2,(H,20,21). The molecule has 1 N–H and O–H groups in total. The molecule has 21 heavy (non-hydrogen) atoms. The van der Waals surface area contributed by atoms with Gasteiger partial charge in [-0.1, -0.05) is 29.3 Å². The largest absolute Gasteiger partial charge is 0.277 e. The molecule has 1 heterocycles. The summed E-state index contributed by atoms with van der Waals surface area (Å²) >= 11 is 12.2. The molecule has 1 aromatic heterocycles. The number of hydrogen-bond acceptors (Lipinski definition) is 3. The number of amidine groups is 1.